The molecule has 6 heteroatoms. The minimum Gasteiger partial charge on any atom is -0.336 e. The van der Waals surface area contributed by atoms with Gasteiger partial charge in [0.15, 0.2) is 0 Å². The molecular weight excluding hydrogens is 410 g/mol. The number of likely N-dealkylation sites (tertiary alicyclic amines) is 1. The summed E-state index contributed by atoms with van der Waals surface area (Å²) in [6, 6.07) is 13.7. The molecule has 1 saturated heterocycles. The Morgan fingerprint density at radius 1 is 1.10 bits per heavy atom. The Bertz CT molecular complexity index is 924. The zero-order valence-electron chi connectivity index (χ0n) is 18.7. The summed E-state index contributed by atoms with van der Waals surface area (Å²) in [5, 5.41) is 0.665. The predicted molar refractivity (Wildman–Crippen MR) is 125 cm³/mol. The largest absolute Gasteiger partial charge is 0.336 e. The zero-order valence-corrected chi connectivity index (χ0v) is 19.4. The lowest BCUT2D eigenvalue weighted by Crippen LogP contribution is -2.68. The van der Waals surface area contributed by atoms with Crippen molar-refractivity contribution in [1.82, 2.24) is 9.80 Å². The highest BCUT2D eigenvalue weighted by molar-refractivity contribution is 6.30. The van der Waals surface area contributed by atoms with Crippen LogP contribution in [-0.2, 0) is 22.6 Å². The van der Waals surface area contributed by atoms with Crippen molar-refractivity contribution in [3.63, 3.8) is 0 Å². The number of carbonyl (C=O) groups excluding carboxylic acids is 2. The molecule has 1 heterocycles. The molecule has 5 nitrogen and oxygen atoms in total. The van der Waals surface area contributed by atoms with Crippen molar-refractivity contribution >= 4 is 23.4 Å². The molecule has 31 heavy (non-hydrogen) atoms. The van der Waals surface area contributed by atoms with E-state index in [0.29, 0.717) is 50.5 Å². The fourth-order valence-corrected chi connectivity index (χ4v) is 4.43. The van der Waals surface area contributed by atoms with Gasteiger partial charge < -0.3 is 15.5 Å². The number of hydrogen-bond acceptors (Lipinski definition) is 3. The van der Waals surface area contributed by atoms with E-state index < -0.39 is 5.54 Å². The molecule has 0 radical (unpaired) electrons. The van der Waals surface area contributed by atoms with Crippen LogP contribution in [-0.4, -0.2) is 46.8 Å². The van der Waals surface area contributed by atoms with Crippen LogP contribution in [0, 0.1) is 13.8 Å². The van der Waals surface area contributed by atoms with Gasteiger partial charge in [0.1, 0.15) is 5.54 Å². The first kappa shape index (κ1) is 23.3. The van der Waals surface area contributed by atoms with Gasteiger partial charge >= 0.3 is 0 Å². The number of carbonyl (C=O) groups is 2. The second-order valence-electron chi connectivity index (χ2n) is 8.74. The number of benzene rings is 2. The molecule has 0 saturated carbocycles. The number of halogens is 1. The van der Waals surface area contributed by atoms with E-state index >= 15 is 0 Å². The summed E-state index contributed by atoms with van der Waals surface area (Å²) < 4.78 is 0. The summed E-state index contributed by atoms with van der Waals surface area (Å²) in [6.45, 7) is 8.11. The molecule has 2 N–H and O–H groups in total. The minimum absolute atomic E-state index is 0.00244. The first-order valence-electron chi connectivity index (χ1n) is 10.8. The molecule has 0 bridgehead atoms. The maximum atomic E-state index is 13.6. The Kier molecular flexibility index (Phi) is 7.39. The molecule has 0 aliphatic carbocycles. The third-order valence-corrected chi connectivity index (χ3v) is 6.27. The lowest BCUT2D eigenvalue weighted by molar-refractivity contribution is -0.164. The average Bonchev–Trinajstić information content (AvgIpc) is 2.69. The Morgan fingerprint density at radius 2 is 1.74 bits per heavy atom. The molecule has 2 amide bonds. The maximum Gasteiger partial charge on any atom is 0.248 e. The molecule has 2 aromatic rings. The Hall–Kier alpha value is -2.37. The van der Waals surface area contributed by atoms with Crippen molar-refractivity contribution < 1.29 is 9.59 Å². The van der Waals surface area contributed by atoms with Crippen LogP contribution in [0.3, 0.4) is 0 Å². The summed E-state index contributed by atoms with van der Waals surface area (Å²) in [7, 11) is 0. The standard InChI is InChI=1S/C25H32ClN3O2/c1-18-13-19(2)15-21(14-18)16-23(30)29-12-9-25(29,3)24(31)28(11-4-10-27)17-20-5-7-22(26)8-6-20/h5-8,13-15H,4,9-12,16-17,27H2,1-3H3. The maximum absolute atomic E-state index is 13.6. The van der Waals surface area contributed by atoms with Crippen LogP contribution in [0.25, 0.3) is 0 Å². The first-order valence-corrected chi connectivity index (χ1v) is 11.2. The van der Waals surface area contributed by atoms with E-state index in [1.165, 1.54) is 0 Å². The van der Waals surface area contributed by atoms with E-state index in [1.807, 2.05) is 62.1 Å². The number of amides is 2. The SMILES string of the molecule is Cc1cc(C)cc(CC(=O)N2CCC2(C)C(=O)N(CCCN)Cc2ccc(Cl)cc2)c1. The summed E-state index contributed by atoms with van der Waals surface area (Å²) >= 11 is 6.00. The predicted octanol–water partition coefficient (Wildman–Crippen LogP) is 3.87. The molecule has 166 valence electrons. The van der Waals surface area contributed by atoms with Crippen molar-refractivity contribution in [3.8, 4) is 0 Å². The highest BCUT2D eigenvalue weighted by atomic mass is 35.5. The van der Waals surface area contributed by atoms with E-state index in [1.54, 1.807) is 4.90 Å². The first-order chi connectivity index (χ1) is 14.7. The van der Waals surface area contributed by atoms with Gasteiger partial charge in [-0.1, -0.05) is 53.1 Å². The fraction of sp³-hybridized carbons (Fsp3) is 0.440. The van der Waals surface area contributed by atoms with Crippen LogP contribution in [0.5, 0.6) is 0 Å². The van der Waals surface area contributed by atoms with Crippen molar-refractivity contribution in [2.24, 2.45) is 5.73 Å². The number of rotatable bonds is 8. The molecular formula is C25H32ClN3O2. The molecule has 2 aromatic carbocycles. The Balaban J connectivity index is 1.74. The third-order valence-electron chi connectivity index (χ3n) is 6.02. The highest BCUT2D eigenvalue weighted by Gasteiger charge is 2.50. The van der Waals surface area contributed by atoms with E-state index in [2.05, 4.69) is 6.07 Å². The minimum atomic E-state index is -0.809. The zero-order chi connectivity index (χ0) is 22.6. The van der Waals surface area contributed by atoms with Crippen LogP contribution in [0.4, 0.5) is 0 Å². The number of aryl methyl sites for hydroxylation is 2. The molecule has 1 aliphatic heterocycles. The quantitative estimate of drug-likeness (QED) is 0.676. The molecule has 3 rings (SSSR count). The topological polar surface area (TPSA) is 66.6 Å². The van der Waals surface area contributed by atoms with Crippen LogP contribution in [0.1, 0.15) is 42.0 Å². The lowest BCUT2D eigenvalue weighted by Gasteiger charge is -2.51. The van der Waals surface area contributed by atoms with Crippen LogP contribution in [0.2, 0.25) is 5.02 Å². The highest BCUT2D eigenvalue weighted by Crippen LogP contribution is 2.33. The Labute approximate surface area is 190 Å². The summed E-state index contributed by atoms with van der Waals surface area (Å²) in [4.78, 5) is 30.2. The van der Waals surface area contributed by atoms with Crippen LogP contribution in [0.15, 0.2) is 42.5 Å². The van der Waals surface area contributed by atoms with Crippen molar-refractivity contribution in [2.75, 3.05) is 19.6 Å². The van der Waals surface area contributed by atoms with Crippen LogP contribution >= 0.6 is 11.6 Å². The van der Waals surface area contributed by atoms with Gasteiger partial charge in [0.25, 0.3) is 0 Å². The molecule has 1 unspecified atom stereocenters. The normalized spacial score (nSPS) is 17.9. The van der Waals surface area contributed by atoms with Crippen molar-refractivity contribution in [1.29, 1.82) is 0 Å². The van der Waals surface area contributed by atoms with E-state index in [-0.39, 0.29) is 11.8 Å². The van der Waals surface area contributed by atoms with Gasteiger partial charge in [-0.05, 0) is 63.4 Å². The van der Waals surface area contributed by atoms with Gasteiger partial charge in [-0.25, -0.2) is 0 Å². The van der Waals surface area contributed by atoms with Crippen LogP contribution < -0.4 is 5.73 Å². The molecule has 0 spiro atoms. The van der Waals surface area contributed by atoms with Gasteiger partial charge in [0, 0.05) is 24.7 Å². The second-order valence-corrected chi connectivity index (χ2v) is 9.17. The van der Waals surface area contributed by atoms with E-state index in [4.69, 9.17) is 17.3 Å². The molecule has 1 fully saturated rings. The van der Waals surface area contributed by atoms with Gasteiger partial charge in [0.05, 0.1) is 6.42 Å². The van der Waals surface area contributed by atoms with Gasteiger partial charge in [-0.3, -0.25) is 9.59 Å². The number of hydrogen-bond donors (Lipinski definition) is 1. The summed E-state index contributed by atoms with van der Waals surface area (Å²) in [5.41, 5.74) is 9.18. The molecule has 1 atom stereocenters. The second kappa shape index (κ2) is 9.84. The van der Waals surface area contributed by atoms with Gasteiger partial charge in [-0.2, -0.15) is 0 Å². The summed E-state index contributed by atoms with van der Waals surface area (Å²) in [6.07, 6.45) is 1.70. The van der Waals surface area contributed by atoms with Crippen molar-refractivity contribution in [2.45, 2.75) is 52.1 Å². The average molecular weight is 442 g/mol. The number of nitrogens with zero attached hydrogens (tertiary/aromatic N) is 2. The van der Waals surface area contributed by atoms with Gasteiger partial charge in [0.2, 0.25) is 11.8 Å². The van der Waals surface area contributed by atoms with E-state index in [0.717, 1.165) is 22.3 Å². The number of nitrogens with two attached hydrogens (primary N) is 1. The van der Waals surface area contributed by atoms with E-state index in [9.17, 15) is 9.59 Å². The molecule has 0 aromatic heterocycles. The lowest BCUT2D eigenvalue weighted by atomic mass is 9.84. The smallest absolute Gasteiger partial charge is 0.248 e. The monoisotopic (exact) mass is 441 g/mol. The Morgan fingerprint density at radius 3 is 2.29 bits per heavy atom. The summed E-state index contributed by atoms with van der Waals surface area (Å²) in [5.74, 6) is -0.0201. The third kappa shape index (κ3) is 5.46. The van der Waals surface area contributed by atoms with Crippen molar-refractivity contribution in [3.05, 3.63) is 69.7 Å². The fourth-order valence-electron chi connectivity index (χ4n) is 4.31. The van der Waals surface area contributed by atoms with Gasteiger partial charge in [-0.15, -0.1) is 0 Å². The molecule has 1 aliphatic rings.